The Kier molecular flexibility index (Phi) is 11.6. The summed E-state index contributed by atoms with van der Waals surface area (Å²) >= 11 is 0. The minimum atomic E-state index is -2.73. The number of anilines is 2. The molecule has 1 spiro atoms. The second-order valence-electron chi connectivity index (χ2n) is 23.3. The number of benzene rings is 3. The van der Waals surface area contributed by atoms with Crippen molar-refractivity contribution < 1.29 is 37.4 Å². The van der Waals surface area contributed by atoms with Crippen molar-refractivity contribution in [1.29, 1.82) is 0 Å². The molecule has 2 aromatic heterocycles. The van der Waals surface area contributed by atoms with Crippen molar-refractivity contribution >= 4 is 50.9 Å². The number of rotatable bonds is 12. The average Bonchev–Trinajstić information content (AvgIpc) is 3.97. The van der Waals surface area contributed by atoms with Gasteiger partial charge in [0.05, 0.1) is 12.0 Å². The molecule has 388 valence electrons. The van der Waals surface area contributed by atoms with E-state index in [9.17, 15) is 19.5 Å². The SMILES string of the molecule is CCc1cccc2cc(O)cc(-c3ncc4c(N5CC6CCC(C5)N6)nc(OCC5(CN6CCC7(CC6)CC(C(F)(F)C6CCN(c8ccc9c(c8)CN(C8CCC(=O)NC8=O)C9=O)CC6)C7)CC5)nc4c3F)c12. The number of aromatic nitrogens is 3. The van der Waals surface area contributed by atoms with Gasteiger partial charge in [0.1, 0.15) is 28.8 Å². The summed E-state index contributed by atoms with van der Waals surface area (Å²) in [6.07, 6.45) is 10.8. The number of aromatic hydroxyl groups is 1. The summed E-state index contributed by atoms with van der Waals surface area (Å²) in [6.45, 7) is 7.81. The summed E-state index contributed by atoms with van der Waals surface area (Å²) in [6, 6.07) is 14.9. The normalized spacial score (nSPS) is 25.0. The lowest BCUT2D eigenvalue weighted by atomic mass is 9.54. The molecule has 8 aliphatic rings. The van der Waals surface area contributed by atoms with Crippen LogP contribution in [0.5, 0.6) is 11.8 Å². The number of alkyl halides is 2. The number of nitrogens with one attached hydrogen (secondary N) is 2. The van der Waals surface area contributed by atoms with E-state index in [1.165, 1.54) is 4.90 Å². The zero-order valence-corrected chi connectivity index (χ0v) is 42.0. The first-order chi connectivity index (χ1) is 35.7. The lowest BCUT2D eigenvalue weighted by molar-refractivity contribution is -0.183. The van der Waals surface area contributed by atoms with Crippen LogP contribution >= 0.6 is 0 Å². The maximum Gasteiger partial charge on any atom is 0.319 e. The number of ether oxygens (including phenoxy) is 1. The summed E-state index contributed by atoms with van der Waals surface area (Å²) < 4.78 is 56.4. The van der Waals surface area contributed by atoms with E-state index in [2.05, 4.69) is 32.3 Å². The molecule has 8 heterocycles. The van der Waals surface area contributed by atoms with E-state index in [4.69, 9.17) is 19.7 Å². The van der Waals surface area contributed by atoms with E-state index in [0.29, 0.717) is 86.2 Å². The molecule has 2 aliphatic carbocycles. The molecule has 6 aliphatic heterocycles. The highest BCUT2D eigenvalue weighted by Gasteiger charge is 2.58. The molecule has 3 amide bonds. The molecule has 2 saturated carbocycles. The van der Waals surface area contributed by atoms with Gasteiger partial charge in [-0.1, -0.05) is 25.1 Å². The van der Waals surface area contributed by atoms with Gasteiger partial charge in [0, 0.05) is 98.0 Å². The number of likely N-dealkylation sites (tertiary alicyclic amines) is 1. The largest absolute Gasteiger partial charge is 0.508 e. The Morgan fingerprint density at radius 1 is 0.865 bits per heavy atom. The highest BCUT2D eigenvalue weighted by atomic mass is 19.3. The zero-order valence-electron chi connectivity index (χ0n) is 42.0. The third-order valence-electron chi connectivity index (χ3n) is 18.6. The maximum absolute atomic E-state index is 17.2. The molecule has 3 aromatic carbocycles. The molecule has 3 N–H and O–H groups in total. The molecule has 5 saturated heterocycles. The third-order valence-corrected chi connectivity index (χ3v) is 18.6. The fraction of sp³-hybridized carbons (Fsp3) is 0.544. The summed E-state index contributed by atoms with van der Waals surface area (Å²) in [4.78, 5) is 60.3. The van der Waals surface area contributed by atoms with Crippen LogP contribution in [0, 0.1) is 28.5 Å². The van der Waals surface area contributed by atoms with Gasteiger partial charge in [-0.2, -0.15) is 9.97 Å². The zero-order chi connectivity index (χ0) is 50.7. The second kappa shape index (κ2) is 18.1. The Hall–Kier alpha value is -6.07. The van der Waals surface area contributed by atoms with Crippen LogP contribution in [-0.2, 0) is 22.6 Å². The minimum absolute atomic E-state index is 0.0336. The topological polar surface area (TPSA) is 156 Å². The van der Waals surface area contributed by atoms with Gasteiger partial charge in [0.25, 0.3) is 11.8 Å². The number of carbonyl (C=O) groups excluding carboxylic acids is 3. The van der Waals surface area contributed by atoms with Gasteiger partial charge in [0.15, 0.2) is 5.82 Å². The predicted molar refractivity (Wildman–Crippen MR) is 274 cm³/mol. The van der Waals surface area contributed by atoms with Crippen LogP contribution in [0.1, 0.15) is 105 Å². The quantitative estimate of drug-likeness (QED) is 0.103. The highest BCUT2D eigenvalue weighted by molar-refractivity contribution is 6.06. The van der Waals surface area contributed by atoms with E-state index in [1.807, 2.05) is 30.3 Å². The molecule has 13 rings (SSSR count). The van der Waals surface area contributed by atoms with Gasteiger partial charge in [-0.3, -0.25) is 24.7 Å². The second-order valence-corrected chi connectivity index (χ2v) is 23.3. The van der Waals surface area contributed by atoms with E-state index in [0.717, 1.165) is 105 Å². The molecular formula is C57H64F3N9O5. The van der Waals surface area contributed by atoms with Gasteiger partial charge >= 0.3 is 6.01 Å². The number of piperidine rings is 3. The number of phenols is 1. The van der Waals surface area contributed by atoms with Gasteiger partial charge in [0.2, 0.25) is 11.8 Å². The van der Waals surface area contributed by atoms with E-state index < -0.39 is 35.5 Å². The molecule has 17 heteroatoms. The van der Waals surface area contributed by atoms with Gasteiger partial charge in [-0.05, 0) is 148 Å². The Morgan fingerprint density at radius 3 is 2.36 bits per heavy atom. The molecular weight excluding hydrogens is 948 g/mol. The Bertz CT molecular complexity index is 3080. The molecule has 14 nitrogen and oxygen atoms in total. The Labute approximate surface area is 428 Å². The highest BCUT2D eigenvalue weighted by Crippen LogP contribution is 2.60. The number of hydrogen-bond acceptors (Lipinski definition) is 12. The molecule has 3 unspecified atom stereocenters. The van der Waals surface area contributed by atoms with Gasteiger partial charge in [-0.25, -0.2) is 13.2 Å². The molecule has 5 aromatic rings. The van der Waals surface area contributed by atoms with Crippen LogP contribution < -0.4 is 25.2 Å². The Balaban J connectivity index is 0.636. The average molecular weight is 1010 g/mol. The summed E-state index contributed by atoms with van der Waals surface area (Å²) in [5, 5.41) is 19.0. The first-order valence-electron chi connectivity index (χ1n) is 27.1. The van der Waals surface area contributed by atoms with E-state index in [-0.39, 0.29) is 58.6 Å². The fourth-order valence-corrected chi connectivity index (χ4v) is 14.1. The summed E-state index contributed by atoms with van der Waals surface area (Å²) in [7, 11) is 0. The standard InChI is InChI=1S/C57H64F3N9O5/c1-2-33-4-3-5-34-23-41(70)24-43(47(33)34)49-48(58)50-44(27-61-49)51(68-29-38-6-7-39(30-68)62-38)65-54(64-50)74-32-56(14-15-56)31-66-20-16-55(17-21-66)25-37(26-55)57(59,60)36-12-18-67(19-13-36)40-8-9-42-35(22-40)28-69(53(42)73)45-10-11-46(71)63-52(45)72/h3-5,8-9,22-24,27,36-39,45,62,70H,2,6-7,10-21,25-26,28-32H2,1H3,(H,63,71,72). The number of imide groups is 1. The molecule has 0 radical (unpaired) electrons. The number of hydrogen-bond donors (Lipinski definition) is 3. The van der Waals surface area contributed by atoms with Crippen LogP contribution in [0.25, 0.3) is 32.9 Å². The molecule has 2 bridgehead atoms. The number of fused-ring (bicyclic) bond motifs is 5. The summed E-state index contributed by atoms with van der Waals surface area (Å²) in [5.41, 5.74) is 3.94. The van der Waals surface area contributed by atoms with Crippen molar-refractivity contribution in [3.8, 4) is 23.0 Å². The lowest BCUT2D eigenvalue weighted by Gasteiger charge is -2.55. The number of carbonyl (C=O) groups is 3. The lowest BCUT2D eigenvalue weighted by Crippen LogP contribution is -2.55. The van der Waals surface area contributed by atoms with Crippen molar-refractivity contribution in [2.24, 2.45) is 22.7 Å². The van der Waals surface area contributed by atoms with Crippen molar-refractivity contribution in [3.63, 3.8) is 0 Å². The maximum atomic E-state index is 17.2. The van der Waals surface area contributed by atoms with Crippen molar-refractivity contribution in [1.82, 2.24) is 35.4 Å². The first kappa shape index (κ1) is 47.6. The van der Waals surface area contributed by atoms with E-state index >= 15 is 13.2 Å². The number of pyridine rings is 1. The van der Waals surface area contributed by atoms with E-state index in [1.54, 1.807) is 24.4 Å². The van der Waals surface area contributed by atoms with Crippen LogP contribution in [0.15, 0.2) is 54.7 Å². The van der Waals surface area contributed by atoms with Gasteiger partial charge < -0.3 is 34.8 Å². The number of aryl methyl sites for hydroxylation is 1. The van der Waals surface area contributed by atoms with Gasteiger partial charge in [-0.15, -0.1) is 0 Å². The van der Waals surface area contributed by atoms with Crippen LogP contribution in [0.4, 0.5) is 24.7 Å². The molecule has 3 atom stereocenters. The number of nitrogens with zero attached hydrogens (tertiary/aromatic N) is 7. The smallest absolute Gasteiger partial charge is 0.319 e. The first-order valence-corrected chi connectivity index (χ1v) is 27.1. The van der Waals surface area contributed by atoms with Crippen molar-refractivity contribution in [2.45, 2.75) is 121 Å². The predicted octanol–water partition coefficient (Wildman–Crippen LogP) is 8.16. The summed E-state index contributed by atoms with van der Waals surface area (Å²) in [5.74, 6) is -4.93. The van der Waals surface area contributed by atoms with Crippen LogP contribution in [-0.4, -0.2) is 124 Å². The number of halogens is 3. The van der Waals surface area contributed by atoms with Crippen LogP contribution in [0.2, 0.25) is 0 Å². The van der Waals surface area contributed by atoms with Crippen molar-refractivity contribution in [2.75, 3.05) is 62.2 Å². The third kappa shape index (κ3) is 8.40. The molecule has 74 heavy (non-hydrogen) atoms. The molecule has 7 fully saturated rings. The minimum Gasteiger partial charge on any atom is -0.508 e. The monoisotopic (exact) mass is 1010 g/mol. The number of phenolic OH excluding ortho intramolecular Hbond substituents is 1. The number of amides is 3. The number of piperazine rings is 1. The van der Waals surface area contributed by atoms with Crippen LogP contribution in [0.3, 0.4) is 0 Å². The van der Waals surface area contributed by atoms with Crippen molar-refractivity contribution in [3.05, 3.63) is 77.2 Å². The fourth-order valence-electron chi connectivity index (χ4n) is 14.1. The Morgan fingerprint density at radius 2 is 1.64 bits per heavy atom.